The van der Waals surface area contributed by atoms with Crippen molar-refractivity contribution >= 4 is 36.6 Å². The number of hydrogen-bond acceptors (Lipinski definition) is 4. The van der Waals surface area contributed by atoms with E-state index in [-0.39, 0.29) is 18.6 Å². The summed E-state index contributed by atoms with van der Waals surface area (Å²) in [6.45, 7) is 0.191. The van der Waals surface area contributed by atoms with Gasteiger partial charge < -0.3 is 9.84 Å². The highest BCUT2D eigenvalue weighted by atomic mass is 32.2. The number of fused-ring (bicyclic) bond motifs is 2. The minimum atomic E-state index is -0.413. The van der Waals surface area contributed by atoms with Crippen LogP contribution in [0, 0.1) is 0 Å². The summed E-state index contributed by atoms with van der Waals surface area (Å²) in [7, 11) is -0.413. The average Bonchev–Trinajstić information content (AvgIpc) is 2.74. The number of benzene rings is 3. The molecule has 3 aromatic carbocycles. The van der Waals surface area contributed by atoms with Gasteiger partial charge in [-0.3, -0.25) is 4.79 Å². The molecule has 4 aromatic rings. The van der Waals surface area contributed by atoms with Crippen LogP contribution in [0.25, 0.3) is 25.1 Å². The quantitative estimate of drug-likeness (QED) is 0.233. The second kappa shape index (κ2) is 7.92. The lowest BCUT2D eigenvalue weighted by atomic mass is 10.2. The van der Waals surface area contributed by atoms with E-state index >= 15 is 0 Å². The number of aliphatic hydroxyl groups excluding tert-OH is 1. The molecule has 0 atom stereocenters. The summed E-state index contributed by atoms with van der Waals surface area (Å²) in [5.74, 6) is -0.400. The largest absolute Gasteiger partial charge is 0.462 e. The second-order valence-electron chi connectivity index (χ2n) is 6.37. The van der Waals surface area contributed by atoms with Gasteiger partial charge in [-0.15, -0.1) is 0 Å². The van der Waals surface area contributed by atoms with Crippen LogP contribution in [0.15, 0.2) is 77.6 Å². The van der Waals surface area contributed by atoms with Crippen LogP contribution in [0.3, 0.4) is 0 Å². The van der Waals surface area contributed by atoms with Gasteiger partial charge in [0.2, 0.25) is 5.43 Å². The van der Waals surface area contributed by atoms with Crippen LogP contribution in [-0.2, 0) is 4.74 Å². The molecule has 0 amide bonds. The Kier molecular flexibility index (Phi) is 5.19. The molecule has 0 saturated carbocycles. The van der Waals surface area contributed by atoms with Crippen LogP contribution >= 0.6 is 10.5 Å². The van der Waals surface area contributed by atoms with Crippen molar-refractivity contribution in [1.29, 1.82) is 0 Å². The molecule has 0 fully saturated rings. The smallest absolute Gasteiger partial charge is 0.338 e. The first-order valence-corrected chi connectivity index (χ1v) is 10.3. The highest BCUT2D eigenvalue weighted by Gasteiger charge is 2.22. The Morgan fingerprint density at radius 2 is 1.43 bits per heavy atom. The molecule has 0 aliphatic heterocycles. The maximum atomic E-state index is 12.9. The van der Waals surface area contributed by atoms with Crippen molar-refractivity contribution in [3.8, 4) is 4.90 Å². The Hall–Kier alpha value is -3.02. The number of aliphatic hydroxyl groups is 1. The molecular formula is C23H19O4S+. The van der Waals surface area contributed by atoms with E-state index in [1.54, 1.807) is 12.1 Å². The molecule has 0 radical (unpaired) electrons. The SMILES string of the molecule is O=C(OCCCO)c1ccc(-[s+]2c3ccccc3c(=O)c3ccccc32)cc1. The van der Waals surface area contributed by atoms with Gasteiger partial charge in [0.1, 0.15) is 0 Å². The van der Waals surface area contributed by atoms with E-state index in [1.165, 1.54) is 0 Å². The first-order valence-electron chi connectivity index (χ1n) is 9.06. The van der Waals surface area contributed by atoms with Gasteiger partial charge >= 0.3 is 5.97 Å². The van der Waals surface area contributed by atoms with E-state index in [2.05, 4.69) is 0 Å². The van der Waals surface area contributed by atoms with Crippen molar-refractivity contribution in [2.24, 2.45) is 0 Å². The van der Waals surface area contributed by atoms with Crippen LogP contribution in [-0.4, -0.2) is 24.3 Å². The van der Waals surface area contributed by atoms with E-state index in [4.69, 9.17) is 9.84 Å². The van der Waals surface area contributed by atoms with E-state index in [9.17, 15) is 9.59 Å². The molecule has 1 heterocycles. The van der Waals surface area contributed by atoms with Gasteiger partial charge in [-0.2, -0.15) is 0 Å². The molecule has 28 heavy (non-hydrogen) atoms. The summed E-state index contributed by atoms with van der Waals surface area (Å²) >= 11 is 0. The fourth-order valence-corrected chi connectivity index (χ4v) is 5.57. The molecule has 0 saturated heterocycles. The van der Waals surface area contributed by atoms with E-state index in [0.29, 0.717) is 12.0 Å². The van der Waals surface area contributed by atoms with Gasteiger partial charge in [0, 0.05) is 23.5 Å². The average molecular weight is 391 g/mol. The molecule has 0 aliphatic rings. The Balaban J connectivity index is 1.83. The fraction of sp³-hybridized carbons (Fsp3) is 0.130. The van der Waals surface area contributed by atoms with E-state index in [0.717, 1.165) is 25.1 Å². The number of rotatable bonds is 5. The Labute approximate surface area is 164 Å². The summed E-state index contributed by atoms with van der Waals surface area (Å²) in [4.78, 5) is 26.0. The van der Waals surface area contributed by atoms with E-state index < -0.39 is 16.4 Å². The second-order valence-corrected chi connectivity index (χ2v) is 8.33. The molecule has 0 spiro atoms. The third-order valence-electron chi connectivity index (χ3n) is 4.56. The van der Waals surface area contributed by atoms with Crippen molar-refractivity contribution in [3.63, 3.8) is 0 Å². The van der Waals surface area contributed by atoms with Crippen LogP contribution < -0.4 is 5.43 Å². The molecule has 4 nitrogen and oxygen atoms in total. The maximum Gasteiger partial charge on any atom is 0.338 e. The minimum absolute atomic E-state index is 0.00738. The molecular weight excluding hydrogens is 372 g/mol. The highest BCUT2D eigenvalue weighted by Crippen LogP contribution is 2.42. The summed E-state index contributed by atoms with van der Waals surface area (Å²) in [6, 6.07) is 22.8. The molecule has 1 aromatic heterocycles. The molecule has 1 N–H and O–H groups in total. The van der Waals surface area contributed by atoms with Crippen LogP contribution in [0.1, 0.15) is 16.8 Å². The number of hydrogen-bond donors (Lipinski definition) is 1. The summed E-state index contributed by atoms with van der Waals surface area (Å²) in [6.07, 6.45) is 0.425. The van der Waals surface area contributed by atoms with Gasteiger partial charge in [-0.05, 0) is 48.5 Å². The summed E-state index contributed by atoms with van der Waals surface area (Å²) in [5.41, 5.74) is 0.527. The van der Waals surface area contributed by atoms with Crippen LogP contribution in [0.4, 0.5) is 0 Å². The molecule has 140 valence electrons. The predicted molar refractivity (Wildman–Crippen MR) is 114 cm³/mol. The standard InChI is InChI=1S/C23H19O4S/c24-14-5-15-27-23(26)16-10-12-17(13-11-16)28-20-8-3-1-6-18(20)22(25)19-7-2-4-9-21(19)28/h1-4,6-13,24H,5,14-15H2/q+1. The first-order chi connectivity index (χ1) is 13.7. The zero-order valence-corrected chi connectivity index (χ0v) is 15.9. The predicted octanol–water partition coefficient (Wildman–Crippen LogP) is 4.63. The van der Waals surface area contributed by atoms with Gasteiger partial charge in [0.05, 0.1) is 22.9 Å². The maximum absolute atomic E-state index is 12.9. The third kappa shape index (κ3) is 3.30. The zero-order chi connectivity index (χ0) is 19.5. The number of ether oxygens (including phenoxy) is 1. The topological polar surface area (TPSA) is 63.6 Å². The van der Waals surface area contributed by atoms with Gasteiger partial charge in [-0.1, -0.05) is 24.3 Å². The van der Waals surface area contributed by atoms with Crippen molar-refractivity contribution < 1.29 is 14.6 Å². The Bertz CT molecular complexity index is 1150. The normalized spacial score (nSPS) is 11.0. The zero-order valence-electron chi connectivity index (χ0n) is 15.1. The third-order valence-corrected chi connectivity index (χ3v) is 6.90. The van der Waals surface area contributed by atoms with Crippen LogP contribution in [0.5, 0.6) is 0 Å². The van der Waals surface area contributed by atoms with E-state index in [1.807, 2.05) is 60.7 Å². The molecule has 4 rings (SSSR count). The lowest BCUT2D eigenvalue weighted by Crippen LogP contribution is -2.07. The van der Waals surface area contributed by atoms with Crippen molar-refractivity contribution in [1.82, 2.24) is 0 Å². The highest BCUT2D eigenvalue weighted by molar-refractivity contribution is 7.49. The Morgan fingerprint density at radius 3 is 2.00 bits per heavy atom. The summed E-state index contributed by atoms with van der Waals surface area (Å²) < 4.78 is 7.15. The molecule has 0 bridgehead atoms. The van der Waals surface area contributed by atoms with Gasteiger partial charge in [-0.25, -0.2) is 4.79 Å². The molecule has 5 heteroatoms. The van der Waals surface area contributed by atoms with Crippen molar-refractivity contribution in [2.45, 2.75) is 6.42 Å². The number of carbonyl (C=O) groups excluding carboxylic acids is 1. The molecule has 0 aliphatic carbocycles. The monoisotopic (exact) mass is 391 g/mol. The van der Waals surface area contributed by atoms with Crippen molar-refractivity contribution in [2.75, 3.05) is 13.2 Å². The lowest BCUT2D eigenvalue weighted by molar-refractivity contribution is 0.0482. The van der Waals surface area contributed by atoms with Crippen molar-refractivity contribution in [3.05, 3.63) is 88.6 Å². The van der Waals surface area contributed by atoms with Gasteiger partial charge in [0.25, 0.3) is 0 Å². The Morgan fingerprint density at radius 1 is 0.857 bits per heavy atom. The first kappa shape index (κ1) is 18.3. The van der Waals surface area contributed by atoms with Crippen LogP contribution in [0.2, 0.25) is 0 Å². The molecule has 0 unspecified atom stereocenters. The number of carbonyl (C=O) groups is 1. The fourth-order valence-electron chi connectivity index (χ4n) is 3.22. The van der Waals surface area contributed by atoms with Gasteiger partial charge in [0.15, 0.2) is 14.3 Å². The minimum Gasteiger partial charge on any atom is -0.462 e. The number of esters is 1. The lowest BCUT2D eigenvalue weighted by Gasteiger charge is -2.05. The summed E-state index contributed by atoms with van der Waals surface area (Å²) in [5, 5.41) is 10.3.